The number of ether oxygens (including phenoxy) is 4. The molecule has 0 atom stereocenters. The van der Waals surface area contributed by atoms with Gasteiger partial charge in [0.25, 0.3) is 0 Å². The molecule has 4 rings (SSSR count). The van der Waals surface area contributed by atoms with Gasteiger partial charge in [-0.3, -0.25) is 9.10 Å². The van der Waals surface area contributed by atoms with Crippen molar-refractivity contribution in [1.29, 1.82) is 0 Å². The molecule has 2 heterocycles. The Morgan fingerprint density at radius 2 is 1.48 bits per heavy atom. The average Bonchev–Trinajstić information content (AvgIpc) is 2.75. The van der Waals surface area contributed by atoms with Crippen molar-refractivity contribution in [3.05, 3.63) is 36.4 Å². The van der Waals surface area contributed by atoms with Crippen LogP contribution in [0.25, 0.3) is 0 Å². The zero-order valence-corrected chi connectivity index (χ0v) is 17.9. The fourth-order valence-electron chi connectivity index (χ4n) is 3.40. The standard InChI is InChI=1S/C21H24N2O7S/c1-31(25,26)23(16-5-7-18-20(14-16)30-12-10-28-18)8-2-3-21(24)22-15-4-6-17-19(13-15)29-11-9-27-17/h4-7,13-14H,2-3,8-12H2,1H3,(H,22,24). The van der Waals surface area contributed by atoms with Crippen LogP contribution in [0, 0.1) is 0 Å². The molecule has 0 spiro atoms. The van der Waals surface area contributed by atoms with Gasteiger partial charge in [0.15, 0.2) is 23.0 Å². The molecular formula is C21H24N2O7S. The molecule has 2 aliphatic rings. The van der Waals surface area contributed by atoms with Crippen LogP contribution in [-0.4, -0.2) is 53.6 Å². The molecule has 0 saturated carbocycles. The molecule has 166 valence electrons. The summed E-state index contributed by atoms with van der Waals surface area (Å²) in [6.07, 6.45) is 1.64. The number of sulfonamides is 1. The summed E-state index contributed by atoms with van der Waals surface area (Å²) in [7, 11) is -3.54. The first-order chi connectivity index (χ1) is 14.9. The molecule has 31 heavy (non-hydrogen) atoms. The summed E-state index contributed by atoms with van der Waals surface area (Å²) in [5, 5.41) is 2.81. The number of hydrogen-bond acceptors (Lipinski definition) is 7. The molecule has 0 fully saturated rings. The summed E-state index contributed by atoms with van der Waals surface area (Å²) in [6, 6.07) is 10.2. The van der Waals surface area contributed by atoms with Crippen molar-refractivity contribution in [2.75, 3.05) is 48.9 Å². The maximum absolute atomic E-state index is 12.4. The lowest BCUT2D eigenvalue weighted by atomic mass is 10.2. The van der Waals surface area contributed by atoms with E-state index in [0.29, 0.717) is 67.2 Å². The van der Waals surface area contributed by atoms with E-state index in [0.717, 1.165) is 6.26 Å². The van der Waals surface area contributed by atoms with Gasteiger partial charge in [0.1, 0.15) is 26.4 Å². The van der Waals surface area contributed by atoms with E-state index < -0.39 is 10.0 Å². The number of nitrogens with zero attached hydrogens (tertiary/aromatic N) is 1. The van der Waals surface area contributed by atoms with Crippen LogP contribution in [0.3, 0.4) is 0 Å². The predicted octanol–water partition coefficient (Wildman–Crippen LogP) is 2.41. The molecule has 0 unspecified atom stereocenters. The van der Waals surface area contributed by atoms with Gasteiger partial charge >= 0.3 is 0 Å². The Morgan fingerprint density at radius 3 is 2.13 bits per heavy atom. The number of carbonyl (C=O) groups is 1. The van der Waals surface area contributed by atoms with E-state index in [1.807, 2.05) is 0 Å². The van der Waals surface area contributed by atoms with Crippen LogP contribution in [0.15, 0.2) is 36.4 Å². The average molecular weight is 448 g/mol. The Hall–Kier alpha value is -3.14. The zero-order valence-electron chi connectivity index (χ0n) is 17.1. The highest BCUT2D eigenvalue weighted by atomic mass is 32.2. The van der Waals surface area contributed by atoms with E-state index in [1.165, 1.54) is 4.31 Å². The Bertz CT molecular complexity index is 1070. The predicted molar refractivity (Wildman–Crippen MR) is 115 cm³/mol. The van der Waals surface area contributed by atoms with E-state index in [9.17, 15) is 13.2 Å². The van der Waals surface area contributed by atoms with Crippen molar-refractivity contribution in [2.45, 2.75) is 12.8 Å². The van der Waals surface area contributed by atoms with Gasteiger partial charge in [-0.05, 0) is 30.7 Å². The summed E-state index contributed by atoms with van der Waals surface area (Å²) in [6.45, 7) is 1.99. The van der Waals surface area contributed by atoms with Crippen LogP contribution in [0.4, 0.5) is 11.4 Å². The summed E-state index contributed by atoms with van der Waals surface area (Å²) < 4.78 is 47.9. The van der Waals surface area contributed by atoms with E-state index in [-0.39, 0.29) is 18.9 Å². The van der Waals surface area contributed by atoms with E-state index >= 15 is 0 Å². The molecular weight excluding hydrogens is 424 g/mol. The molecule has 0 bridgehead atoms. The van der Waals surface area contributed by atoms with E-state index in [1.54, 1.807) is 36.4 Å². The molecule has 2 aromatic carbocycles. The first-order valence-electron chi connectivity index (χ1n) is 9.97. The van der Waals surface area contributed by atoms with Crippen LogP contribution < -0.4 is 28.6 Å². The van der Waals surface area contributed by atoms with Crippen molar-refractivity contribution in [2.24, 2.45) is 0 Å². The second kappa shape index (κ2) is 8.93. The van der Waals surface area contributed by atoms with Crippen molar-refractivity contribution in [3.63, 3.8) is 0 Å². The minimum Gasteiger partial charge on any atom is -0.486 e. The highest BCUT2D eigenvalue weighted by Crippen LogP contribution is 2.35. The first kappa shape index (κ1) is 21.1. The molecule has 2 aliphatic heterocycles. The molecule has 9 nitrogen and oxygen atoms in total. The van der Waals surface area contributed by atoms with Gasteiger partial charge in [-0.15, -0.1) is 0 Å². The second-order valence-corrected chi connectivity index (χ2v) is 9.08. The largest absolute Gasteiger partial charge is 0.486 e. The molecule has 1 amide bonds. The third kappa shape index (κ3) is 5.13. The maximum atomic E-state index is 12.4. The molecule has 10 heteroatoms. The second-order valence-electron chi connectivity index (χ2n) is 7.17. The van der Waals surface area contributed by atoms with Crippen LogP contribution in [0.1, 0.15) is 12.8 Å². The van der Waals surface area contributed by atoms with Gasteiger partial charge in [-0.25, -0.2) is 8.42 Å². The first-order valence-corrected chi connectivity index (χ1v) is 11.8. The minimum atomic E-state index is -3.54. The van der Waals surface area contributed by atoms with Gasteiger partial charge in [0.2, 0.25) is 15.9 Å². The van der Waals surface area contributed by atoms with Crippen molar-refractivity contribution in [3.8, 4) is 23.0 Å². The SMILES string of the molecule is CS(=O)(=O)N(CCCC(=O)Nc1ccc2c(c1)OCCO2)c1ccc2c(c1)OCCO2. The summed E-state index contributed by atoms with van der Waals surface area (Å²) >= 11 is 0. The smallest absolute Gasteiger partial charge is 0.232 e. The molecule has 0 aliphatic carbocycles. The monoisotopic (exact) mass is 448 g/mol. The minimum absolute atomic E-state index is 0.158. The third-order valence-electron chi connectivity index (χ3n) is 4.81. The summed E-state index contributed by atoms with van der Waals surface area (Å²) in [5.74, 6) is 2.11. The Balaban J connectivity index is 1.36. The van der Waals surface area contributed by atoms with Gasteiger partial charge < -0.3 is 24.3 Å². The zero-order chi connectivity index (χ0) is 21.8. The summed E-state index contributed by atoms with van der Waals surface area (Å²) in [5.41, 5.74) is 1.07. The number of anilines is 2. The normalized spacial score (nSPS) is 14.6. The van der Waals surface area contributed by atoms with Gasteiger partial charge in [0, 0.05) is 30.8 Å². The van der Waals surface area contributed by atoms with E-state index in [4.69, 9.17) is 18.9 Å². The highest BCUT2D eigenvalue weighted by Gasteiger charge is 2.21. The Labute approximate surface area is 180 Å². The molecule has 0 aromatic heterocycles. The van der Waals surface area contributed by atoms with Crippen LogP contribution in [-0.2, 0) is 14.8 Å². The lowest BCUT2D eigenvalue weighted by molar-refractivity contribution is -0.116. The fourth-order valence-corrected chi connectivity index (χ4v) is 4.36. The van der Waals surface area contributed by atoms with E-state index in [2.05, 4.69) is 5.32 Å². The number of carbonyl (C=O) groups excluding carboxylic acids is 1. The number of fused-ring (bicyclic) bond motifs is 2. The van der Waals surface area contributed by atoms with Crippen molar-refractivity contribution >= 4 is 27.3 Å². The maximum Gasteiger partial charge on any atom is 0.232 e. The molecule has 1 N–H and O–H groups in total. The number of amides is 1. The quantitative estimate of drug-likeness (QED) is 0.694. The van der Waals surface area contributed by atoms with Crippen molar-refractivity contribution < 1.29 is 32.2 Å². The Kier molecular flexibility index (Phi) is 6.08. The molecule has 0 radical (unpaired) electrons. The fraction of sp³-hybridized carbons (Fsp3) is 0.381. The highest BCUT2D eigenvalue weighted by molar-refractivity contribution is 7.92. The van der Waals surface area contributed by atoms with Crippen LogP contribution >= 0.6 is 0 Å². The topological polar surface area (TPSA) is 103 Å². The van der Waals surface area contributed by atoms with Gasteiger partial charge in [0.05, 0.1) is 11.9 Å². The lowest BCUT2D eigenvalue weighted by Gasteiger charge is -2.25. The molecule has 0 saturated heterocycles. The van der Waals surface area contributed by atoms with Crippen LogP contribution in [0.2, 0.25) is 0 Å². The van der Waals surface area contributed by atoms with Gasteiger partial charge in [-0.1, -0.05) is 0 Å². The number of nitrogens with one attached hydrogen (secondary N) is 1. The summed E-state index contributed by atoms with van der Waals surface area (Å²) in [4.78, 5) is 12.4. The third-order valence-corrected chi connectivity index (χ3v) is 6.00. The number of benzene rings is 2. The lowest BCUT2D eigenvalue weighted by Crippen LogP contribution is -2.31. The van der Waals surface area contributed by atoms with Crippen LogP contribution in [0.5, 0.6) is 23.0 Å². The number of rotatable bonds is 7. The van der Waals surface area contributed by atoms with Gasteiger partial charge in [-0.2, -0.15) is 0 Å². The van der Waals surface area contributed by atoms with Crippen molar-refractivity contribution in [1.82, 2.24) is 0 Å². The number of hydrogen-bond donors (Lipinski definition) is 1. The molecule has 2 aromatic rings. The Morgan fingerprint density at radius 1 is 0.903 bits per heavy atom.